The van der Waals surface area contributed by atoms with E-state index in [1.54, 1.807) is 11.6 Å². The molecule has 0 spiro atoms. The molecule has 8 heteroatoms. The quantitative estimate of drug-likeness (QED) is 0.712. The molecule has 1 heterocycles. The third-order valence-electron chi connectivity index (χ3n) is 3.16. The molecule has 2 rings (SSSR count). The third-order valence-corrected chi connectivity index (χ3v) is 5.50. The fraction of sp³-hybridized carbons (Fsp3) is 0.357. The van der Waals surface area contributed by atoms with Gasteiger partial charge in [-0.25, -0.2) is 13.1 Å². The van der Waals surface area contributed by atoms with Gasteiger partial charge in [-0.3, -0.25) is 0 Å². The highest BCUT2D eigenvalue weighted by atomic mass is 35.5. The normalized spacial score (nSPS) is 12.0. The van der Waals surface area contributed by atoms with Gasteiger partial charge >= 0.3 is 0 Å². The molecule has 1 aromatic carbocycles. The maximum absolute atomic E-state index is 12.7. The predicted octanol–water partition coefficient (Wildman–Crippen LogP) is 2.65. The van der Waals surface area contributed by atoms with Crippen molar-refractivity contribution >= 4 is 33.2 Å². The summed E-state index contributed by atoms with van der Waals surface area (Å²) in [5.74, 6) is 0.421. The van der Waals surface area contributed by atoms with Crippen LogP contribution >= 0.6 is 23.2 Å². The van der Waals surface area contributed by atoms with Gasteiger partial charge < -0.3 is 0 Å². The fourth-order valence-electron chi connectivity index (χ4n) is 2.09. The number of nitrogens with zero attached hydrogens (tertiary/aromatic N) is 3. The smallest absolute Gasteiger partial charge is 0.239 e. The molecule has 120 valence electrons. The summed E-state index contributed by atoms with van der Waals surface area (Å²) in [5.41, 5.74) is 1.24. The van der Waals surface area contributed by atoms with Gasteiger partial charge in [-0.2, -0.15) is 9.40 Å². The van der Waals surface area contributed by atoms with Crippen LogP contribution < -0.4 is 0 Å². The fourth-order valence-corrected chi connectivity index (χ4v) is 4.29. The molecule has 0 bridgehead atoms. The largest absolute Gasteiger partial charge is 0.246 e. The lowest BCUT2D eigenvalue weighted by atomic mass is 10.3. The number of aryl methyl sites for hydroxylation is 1. The molecule has 1 aromatic heterocycles. The Bertz CT molecular complexity index is 711. The summed E-state index contributed by atoms with van der Waals surface area (Å²) in [4.78, 5) is 0.173. The van der Waals surface area contributed by atoms with Crippen LogP contribution in [0.4, 0.5) is 0 Å². The zero-order chi connectivity index (χ0) is 16.2. The SMILES string of the molecule is Cc1nn(-c2ccccc2)cc1S(=O)(=O)N(CCCl)CCCl. The Morgan fingerprint density at radius 2 is 1.73 bits per heavy atom. The standard InChI is InChI=1S/C14H17Cl2N3O2S/c1-12-14(22(20,21)18(9-7-15)10-8-16)11-19(17-12)13-5-3-2-4-6-13/h2-6,11H,7-10H2,1H3. The lowest BCUT2D eigenvalue weighted by molar-refractivity contribution is 0.448. The maximum Gasteiger partial charge on any atom is 0.246 e. The highest BCUT2D eigenvalue weighted by molar-refractivity contribution is 7.89. The summed E-state index contributed by atoms with van der Waals surface area (Å²) in [6, 6.07) is 9.35. The van der Waals surface area contributed by atoms with Crippen LogP contribution in [0.15, 0.2) is 41.4 Å². The van der Waals surface area contributed by atoms with E-state index in [-0.39, 0.29) is 29.7 Å². The minimum absolute atomic E-state index is 0.173. The highest BCUT2D eigenvalue weighted by Crippen LogP contribution is 2.21. The van der Waals surface area contributed by atoms with Crippen molar-refractivity contribution in [1.29, 1.82) is 0 Å². The first-order valence-corrected chi connectivity index (χ1v) is 9.25. The van der Waals surface area contributed by atoms with Gasteiger partial charge in [0.15, 0.2) is 0 Å². The predicted molar refractivity (Wildman–Crippen MR) is 88.5 cm³/mol. The summed E-state index contributed by atoms with van der Waals surface area (Å²) in [5, 5.41) is 4.29. The van der Waals surface area contributed by atoms with Crippen molar-refractivity contribution < 1.29 is 8.42 Å². The highest BCUT2D eigenvalue weighted by Gasteiger charge is 2.27. The van der Waals surface area contributed by atoms with E-state index < -0.39 is 10.0 Å². The van der Waals surface area contributed by atoms with Crippen molar-refractivity contribution in [2.24, 2.45) is 0 Å². The van der Waals surface area contributed by atoms with Gasteiger partial charge in [0, 0.05) is 24.8 Å². The molecule has 22 heavy (non-hydrogen) atoms. The number of rotatable bonds is 7. The van der Waals surface area contributed by atoms with Crippen LogP contribution in [0.2, 0.25) is 0 Å². The van der Waals surface area contributed by atoms with Crippen LogP contribution in [-0.4, -0.2) is 47.4 Å². The molecule has 2 aromatic rings. The van der Waals surface area contributed by atoms with Crippen molar-refractivity contribution in [3.8, 4) is 5.69 Å². The van der Waals surface area contributed by atoms with Gasteiger partial charge in [-0.05, 0) is 19.1 Å². The summed E-state index contributed by atoms with van der Waals surface area (Å²) < 4.78 is 28.3. The molecule has 0 aliphatic carbocycles. The average molecular weight is 362 g/mol. The lowest BCUT2D eigenvalue weighted by Crippen LogP contribution is -2.34. The van der Waals surface area contributed by atoms with Gasteiger partial charge in [-0.15, -0.1) is 23.2 Å². The molecule has 0 radical (unpaired) electrons. The monoisotopic (exact) mass is 361 g/mol. The van der Waals surface area contributed by atoms with Crippen molar-refractivity contribution in [1.82, 2.24) is 14.1 Å². The molecular weight excluding hydrogens is 345 g/mol. The van der Waals surface area contributed by atoms with Gasteiger partial charge in [0.2, 0.25) is 10.0 Å². The number of para-hydroxylation sites is 1. The number of hydrogen-bond acceptors (Lipinski definition) is 3. The molecule has 0 unspecified atom stereocenters. The lowest BCUT2D eigenvalue weighted by Gasteiger charge is -2.19. The molecule has 0 saturated carbocycles. The van der Waals surface area contributed by atoms with E-state index in [1.165, 1.54) is 10.5 Å². The van der Waals surface area contributed by atoms with Crippen LogP contribution in [0.5, 0.6) is 0 Å². The second kappa shape index (κ2) is 7.46. The number of hydrogen-bond donors (Lipinski definition) is 0. The zero-order valence-corrected chi connectivity index (χ0v) is 14.4. The van der Waals surface area contributed by atoms with E-state index in [9.17, 15) is 8.42 Å². The second-order valence-corrected chi connectivity index (χ2v) is 7.30. The summed E-state index contributed by atoms with van der Waals surface area (Å²) in [6.07, 6.45) is 1.52. The van der Waals surface area contributed by atoms with Gasteiger partial charge in [0.05, 0.1) is 17.6 Å². The number of benzene rings is 1. The minimum atomic E-state index is -3.66. The Morgan fingerprint density at radius 3 is 2.27 bits per heavy atom. The van der Waals surface area contributed by atoms with E-state index >= 15 is 0 Å². The molecule has 0 aliphatic rings. The molecule has 0 atom stereocenters. The Balaban J connectivity index is 2.41. The molecule has 0 aliphatic heterocycles. The first-order valence-electron chi connectivity index (χ1n) is 6.74. The van der Waals surface area contributed by atoms with E-state index in [0.29, 0.717) is 5.69 Å². The maximum atomic E-state index is 12.7. The van der Waals surface area contributed by atoms with Gasteiger partial charge in [-0.1, -0.05) is 18.2 Å². The van der Waals surface area contributed by atoms with Gasteiger partial charge in [0.25, 0.3) is 0 Å². The Morgan fingerprint density at radius 1 is 1.14 bits per heavy atom. The van der Waals surface area contributed by atoms with Crippen LogP contribution in [0.3, 0.4) is 0 Å². The first kappa shape index (κ1) is 17.3. The number of aromatic nitrogens is 2. The van der Waals surface area contributed by atoms with Crippen molar-refractivity contribution in [2.45, 2.75) is 11.8 Å². The molecule has 0 fully saturated rings. The van der Waals surface area contributed by atoms with Crippen LogP contribution in [-0.2, 0) is 10.0 Å². The molecule has 0 saturated heterocycles. The van der Waals surface area contributed by atoms with Gasteiger partial charge in [0.1, 0.15) is 4.90 Å². The van der Waals surface area contributed by atoms with E-state index in [4.69, 9.17) is 23.2 Å². The topological polar surface area (TPSA) is 55.2 Å². The van der Waals surface area contributed by atoms with Crippen molar-refractivity contribution in [3.63, 3.8) is 0 Å². The number of halogens is 2. The van der Waals surface area contributed by atoms with E-state index in [2.05, 4.69) is 5.10 Å². The molecule has 5 nitrogen and oxygen atoms in total. The van der Waals surface area contributed by atoms with E-state index in [0.717, 1.165) is 5.69 Å². The molecule has 0 amide bonds. The van der Waals surface area contributed by atoms with Crippen molar-refractivity contribution in [3.05, 3.63) is 42.2 Å². The zero-order valence-electron chi connectivity index (χ0n) is 12.1. The first-order chi connectivity index (χ1) is 10.5. The van der Waals surface area contributed by atoms with E-state index in [1.807, 2.05) is 30.3 Å². The van der Waals surface area contributed by atoms with Crippen LogP contribution in [0.25, 0.3) is 5.69 Å². The number of alkyl halides is 2. The molecular formula is C14H17Cl2N3O2S. The summed E-state index contributed by atoms with van der Waals surface area (Å²) in [6.45, 7) is 2.10. The number of sulfonamides is 1. The Labute approximate surface area is 140 Å². The Hall–Kier alpha value is -1.08. The average Bonchev–Trinajstić information content (AvgIpc) is 2.91. The van der Waals surface area contributed by atoms with Crippen LogP contribution in [0.1, 0.15) is 5.69 Å². The minimum Gasteiger partial charge on any atom is -0.239 e. The second-order valence-electron chi connectivity index (χ2n) is 4.64. The summed E-state index contributed by atoms with van der Waals surface area (Å²) >= 11 is 11.4. The summed E-state index contributed by atoms with van der Waals surface area (Å²) in [7, 11) is -3.66. The molecule has 0 N–H and O–H groups in total. The third kappa shape index (κ3) is 3.63. The van der Waals surface area contributed by atoms with Crippen molar-refractivity contribution in [2.75, 3.05) is 24.8 Å². The van der Waals surface area contributed by atoms with Crippen LogP contribution in [0, 0.1) is 6.92 Å². The Kier molecular flexibility index (Phi) is 5.86.